The normalized spacial score (nSPS) is 29.6. The van der Waals surface area contributed by atoms with Gasteiger partial charge in [-0.05, 0) is 18.2 Å². The molecule has 2 saturated heterocycles. The van der Waals surface area contributed by atoms with E-state index in [-0.39, 0.29) is 34.1 Å². The minimum Gasteiger partial charge on any atom is -0.461 e. The molecule has 10 atom stereocenters. The predicted molar refractivity (Wildman–Crippen MR) is 157 cm³/mol. The number of phosphoric ester groups is 2. The number of imidazole rings is 1. The molecule has 4 aromatic heterocycles. The van der Waals surface area contributed by atoms with Crippen LogP contribution in [0, 0.1) is 0 Å². The molecule has 264 valence electrons. The molecule has 2 aliphatic rings. The lowest BCUT2D eigenvalue weighted by Gasteiger charge is -2.20. The molecule has 0 aromatic carbocycles. The van der Waals surface area contributed by atoms with E-state index in [0.29, 0.717) is 0 Å². The first-order valence-corrected chi connectivity index (χ1v) is 17.2. The first-order chi connectivity index (χ1) is 23.2. The summed E-state index contributed by atoms with van der Waals surface area (Å²) < 4.78 is 58.2. The molecule has 0 aliphatic carbocycles. The molecule has 24 heteroatoms. The number of nitrogens with two attached hydrogens (primary N) is 2. The second-order valence-corrected chi connectivity index (χ2v) is 13.9. The number of nitrogen functional groups attached to an aromatic ring is 1. The third kappa shape index (κ3) is 7.14. The summed E-state index contributed by atoms with van der Waals surface area (Å²) in [6.07, 6.45) is -7.16. The molecule has 10 N–H and O–H groups in total. The Kier molecular flexibility index (Phi) is 9.69. The summed E-state index contributed by atoms with van der Waals surface area (Å²) in [5, 5.41) is 42.4. The number of pyridine rings is 1. The molecule has 0 bridgehead atoms. The van der Waals surface area contributed by atoms with E-state index in [2.05, 4.69) is 19.3 Å². The second kappa shape index (κ2) is 13.5. The summed E-state index contributed by atoms with van der Waals surface area (Å²) in [5.74, 6) is -0.469. The average molecular weight is 730 g/mol. The number of hydrogen-bond acceptors (Lipinski definition) is 17. The molecule has 22 nitrogen and oxygen atoms in total. The molecular weight excluding hydrogens is 700 g/mol. The third-order valence-corrected chi connectivity index (χ3v) is 10.2. The molecule has 2 fully saturated rings. The van der Waals surface area contributed by atoms with E-state index < -0.39 is 83.8 Å². The van der Waals surface area contributed by atoms with Crippen molar-refractivity contribution in [3.63, 3.8) is 0 Å². The van der Waals surface area contributed by atoms with Crippen molar-refractivity contribution >= 4 is 38.5 Å². The number of nitrogens with zero attached hydrogens (tertiary/aromatic N) is 5. The van der Waals surface area contributed by atoms with Crippen molar-refractivity contribution in [1.29, 1.82) is 0 Å². The maximum atomic E-state index is 12.6. The Balaban J connectivity index is 1.08. The molecule has 0 spiro atoms. The van der Waals surface area contributed by atoms with Gasteiger partial charge in [-0.2, -0.15) is 8.88 Å². The molecule has 1 amide bonds. The zero-order valence-electron chi connectivity index (χ0n) is 24.8. The Hall–Kier alpha value is -3.73. The van der Waals surface area contributed by atoms with Crippen molar-refractivity contribution in [2.75, 3.05) is 18.9 Å². The van der Waals surface area contributed by atoms with Crippen LogP contribution in [0.4, 0.5) is 5.82 Å². The van der Waals surface area contributed by atoms with Crippen molar-refractivity contribution in [3.8, 4) is 11.6 Å². The van der Waals surface area contributed by atoms with Crippen LogP contribution >= 0.6 is 15.6 Å². The maximum Gasteiger partial charge on any atom is 0.481 e. The van der Waals surface area contributed by atoms with E-state index in [1.165, 1.54) is 39.9 Å². The average Bonchev–Trinajstić information content (AvgIpc) is 3.83. The molecule has 0 saturated carbocycles. The van der Waals surface area contributed by atoms with Crippen LogP contribution in [0.1, 0.15) is 22.8 Å². The molecule has 2 unspecified atom stereocenters. The fraction of sp³-hybridized carbons (Fsp3) is 0.400. The number of aliphatic hydroxyl groups excluding tert-OH is 4. The van der Waals surface area contributed by atoms with Gasteiger partial charge in [0.25, 0.3) is 12.1 Å². The van der Waals surface area contributed by atoms with E-state index >= 15 is 0 Å². The van der Waals surface area contributed by atoms with Crippen LogP contribution in [0.15, 0.2) is 53.7 Å². The van der Waals surface area contributed by atoms with Crippen LogP contribution in [0.25, 0.3) is 22.7 Å². The number of hydrogen-bond donors (Lipinski definition) is 8. The van der Waals surface area contributed by atoms with E-state index in [1.807, 2.05) is 0 Å². The highest BCUT2D eigenvalue weighted by Gasteiger charge is 2.50. The highest BCUT2D eigenvalue weighted by atomic mass is 31.3. The zero-order chi connectivity index (χ0) is 35.2. The lowest BCUT2D eigenvalue weighted by Crippen LogP contribution is -2.46. The van der Waals surface area contributed by atoms with E-state index in [0.717, 1.165) is 6.33 Å². The number of aromatic nitrogens is 5. The van der Waals surface area contributed by atoms with Crippen molar-refractivity contribution in [1.82, 2.24) is 19.5 Å². The number of rotatable bonds is 12. The van der Waals surface area contributed by atoms with Gasteiger partial charge < -0.3 is 55.6 Å². The molecule has 2 aliphatic heterocycles. The maximum absolute atomic E-state index is 12.6. The Morgan fingerprint density at radius 2 is 1.63 bits per heavy atom. The highest BCUT2D eigenvalue weighted by molar-refractivity contribution is 7.61. The quantitative estimate of drug-likeness (QED) is 0.0591. The molecule has 6 rings (SSSR count). The summed E-state index contributed by atoms with van der Waals surface area (Å²) in [6, 6.07) is 5.96. The van der Waals surface area contributed by atoms with Gasteiger partial charge in [-0.15, -0.1) is 0 Å². The van der Waals surface area contributed by atoms with Crippen molar-refractivity contribution in [2.45, 2.75) is 49.1 Å². The standard InChI is InChI=1S/C25H29N7O15P2/c26-20-15-23(29-10-28-20)32(22(30-15)12-4-2-6-42-12)25-19(36)17(34)14(46-25)9-44-49(40,41)47-48(38,39)43-8-13-16(33)18(35)24(45-13)31-5-1-3-11(7-31)21(27)37/h1-7,10,13-14,16-19,24-25,33-36H,8-9H2,(H5-,26,27,28,29,37,38,39,40,41)/p+1/t13-,14-,16-,17-,18-,19-,24-,25-/m1/s1. The van der Waals surface area contributed by atoms with Crippen molar-refractivity contribution < 1.29 is 76.0 Å². The number of amides is 1. The van der Waals surface area contributed by atoms with Gasteiger partial charge in [-0.1, -0.05) is 0 Å². The van der Waals surface area contributed by atoms with Gasteiger partial charge in [0.2, 0.25) is 0 Å². The number of primary amides is 1. The fourth-order valence-electron chi connectivity index (χ4n) is 5.25. The smallest absolute Gasteiger partial charge is 0.461 e. The number of carbonyl (C=O) groups is 1. The van der Waals surface area contributed by atoms with Crippen molar-refractivity contribution in [2.24, 2.45) is 5.73 Å². The number of aliphatic hydroxyl groups is 4. The Labute approximate surface area is 274 Å². The molecular formula is C25H30N7O15P2+. The first kappa shape index (κ1) is 35.1. The first-order valence-electron chi connectivity index (χ1n) is 14.2. The summed E-state index contributed by atoms with van der Waals surface area (Å²) in [5.41, 5.74) is 11.5. The molecule has 0 radical (unpaired) electrons. The van der Waals surface area contributed by atoms with Crippen LogP contribution in [-0.2, 0) is 32.0 Å². The number of carbonyl (C=O) groups excluding carboxylic acids is 1. The van der Waals surface area contributed by atoms with E-state index in [9.17, 15) is 44.1 Å². The number of fused-ring (bicyclic) bond motifs is 1. The number of furan rings is 1. The number of anilines is 1. The fourth-order valence-corrected chi connectivity index (χ4v) is 7.34. The topological polar surface area (TPSA) is 331 Å². The molecule has 49 heavy (non-hydrogen) atoms. The van der Waals surface area contributed by atoms with Gasteiger partial charge >= 0.3 is 15.6 Å². The molecule has 6 heterocycles. The Morgan fingerprint density at radius 3 is 2.29 bits per heavy atom. The zero-order valence-corrected chi connectivity index (χ0v) is 26.6. The Bertz CT molecular complexity index is 1930. The summed E-state index contributed by atoms with van der Waals surface area (Å²) in [4.78, 5) is 44.2. The van der Waals surface area contributed by atoms with Gasteiger partial charge in [-0.3, -0.25) is 18.4 Å². The van der Waals surface area contributed by atoms with Crippen LogP contribution in [0.5, 0.6) is 0 Å². The number of ether oxygens (including phenoxy) is 2. The van der Waals surface area contributed by atoms with Gasteiger partial charge in [0.1, 0.15) is 42.4 Å². The second-order valence-electron chi connectivity index (χ2n) is 10.8. The van der Waals surface area contributed by atoms with Gasteiger partial charge in [0.15, 0.2) is 53.3 Å². The van der Waals surface area contributed by atoms with Gasteiger partial charge in [0, 0.05) is 6.07 Å². The van der Waals surface area contributed by atoms with Crippen LogP contribution in [0.2, 0.25) is 0 Å². The third-order valence-electron chi connectivity index (χ3n) is 7.59. The minimum atomic E-state index is -5.43. The Morgan fingerprint density at radius 1 is 0.959 bits per heavy atom. The van der Waals surface area contributed by atoms with E-state index in [4.69, 9.17) is 34.4 Å². The number of phosphoric acid groups is 2. The van der Waals surface area contributed by atoms with Crippen LogP contribution in [-0.4, -0.2) is 105 Å². The van der Waals surface area contributed by atoms with Crippen molar-refractivity contribution in [3.05, 3.63) is 54.8 Å². The van der Waals surface area contributed by atoms with E-state index in [1.54, 1.807) is 12.1 Å². The lowest BCUT2D eigenvalue weighted by molar-refractivity contribution is -0.765. The summed E-state index contributed by atoms with van der Waals surface area (Å²) in [6.45, 7) is -1.86. The lowest BCUT2D eigenvalue weighted by atomic mass is 10.1. The minimum absolute atomic E-state index is 0.00244. The van der Waals surface area contributed by atoms with Gasteiger partial charge in [0.05, 0.1) is 19.5 Å². The largest absolute Gasteiger partial charge is 0.481 e. The predicted octanol–water partition coefficient (Wildman–Crippen LogP) is -1.76. The summed E-state index contributed by atoms with van der Waals surface area (Å²) in [7, 11) is -10.8. The SMILES string of the molecule is NC(=O)c1ccc[n+]([C@@H]2O[C@H](COP(=O)(O)OP(=O)(O)OC[C@H]3O[C@@H](n4c(-c5ccco5)nc5c(N)ncnc54)[C@H](O)[C@@H]3O)[C@@H](O)[C@H]2O)c1. The van der Waals surface area contributed by atoms with Crippen LogP contribution < -0.4 is 16.0 Å². The summed E-state index contributed by atoms with van der Waals surface area (Å²) >= 11 is 0. The molecule has 4 aromatic rings. The van der Waals surface area contributed by atoms with Crippen LogP contribution in [0.3, 0.4) is 0 Å². The highest BCUT2D eigenvalue weighted by Crippen LogP contribution is 2.60. The van der Waals surface area contributed by atoms with Gasteiger partial charge in [-0.25, -0.2) is 24.1 Å². The monoisotopic (exact) mass is 730 g/mol.